The summed E-state index contributed by atoms with van der Waals surface area (Å²) in [4.78, 5) is 11.4. The van der Waals surface area contributed by atoms with Crippen molar-refractivity contribution in [3.63, 3.8) is 0 Å². The second-order valence-corrected chi connectivity index (χ2v) is 5.10. The van der Waals surface area contributed by atoms with Gasteiger partial charge in [0.25, 0.3) is 5.91 Å². The van der Waals surface area contributed by atoms with Crippen molar-refractivity contribution >= 4 is 21.8 Å². The lowest BCUT2D eigenvalue weighted by atomic mass is 10.1. The van der Waals surface area contributed by atoms with Gasteiger partial charge in [-0.15, -0.1) is 0 Å². The summed E-state index contributed by atoms with van der Waals surface area (Å²) in [6, 6.07) is 12.6. The Balaban J connectivity index is 2.04. The minimum Gasteiger partial charge on any atom is -0.497 e. The number of nitrogen functional groups attached to an aromatic ring is 1. The van der Waals surface area contributed by atoms with Gasteiger partial charge in [-0.2, -0.15) is 0 Å². The predicted octanol–water partition coefficient (Wildman–Crippen LogP) is 2.64. The summed E-state index contributed by atoms with van der Waals surface area (Å²) in [6.07, 6.45) is 0. The molecule has 5 nitrogen and oxygen atoms in total. The van der Waals surface area contributed by atoms with Gasteiger partial charge < -0.3 is 9.47 Å². The molecule has 6 heteroatoms. The Labute approximate surface area is 131 Å². The van der Waals surface area contributed by atoms with E-state index in [1.54, 1.807) is 19.2 Å². The maximum Gasteiger partial charge on any atom is 0.265 e. The van der Waals surface area contributed by atoms with Gasteiger partial charge in [-0.25, -0.2) is 5.84 Å². The number of carbonyl (C=O) groups excluding carboxylic acids is 1. The van der Waals surface area contributed by atoms with Crippen molar-refractivity contribution in [2.45, 2.75) is 6.61 Å². The van der Waals surface area contributed by atoms with E-state index in [9.17, 15) is 4.79 Å². The average molecular weight is 351 g/mol. The van der Waals surface area contributed by atoms with Crippen LogP contribution in [-0.4, -0.2) is 13.0 Å². The molecule has 0 unspecified atom stereocenters. The minimum atomic E-state index is -0.335. The molecule has 0 saturated heterocycles. The summed E-state index contributed by atoms with van der Waals surface area (Å²) < 4.78 is 11.6. The number of methoxy groups -OCH3 is 1. The number of nitrogens with one attached hydrogen (secondary N) is 1. The van der Waals surface area contributed by atoms with Crippen molar-refractivity contribution in [3.8, 4) is 11.5 Å². The number of nitrogens with two attached hydrogens (primary N) is 1. The molecule has 21 heavy (non-hydrogen) atoms. The van der Waals surface area contributed by atoms with Gasteiger partial charge in [-0.05, 0) is 36.4 Å². The molecular weight excluding hydrogens is 336 g/mol. The maximum absolute atomic E-state index is 11.4. The van der Waals surface area contributed by atoms with Gasteiger partial charge in [0.1, 0.15) is 18.1 Å². The Morgan fingerprint density at radius 1 is 1.19 bits per heavy atom. The molecule has 0 aromatic heterocycles. The minimum absolute atomic E-state index is 0.335. The molecular formula is C15H15BrN2O3. The van der Waals surface area contributed by atoms with Gasteiger partial charge in [-0.3, -0.25) is 10.2 Å². The fourth-order valence-electron chi connectivity index (χ4n) is 1.72. The topological polar surface area (TPSA) is 73.6 Å². The fourth-order valence-corrected chi connectivity index (χ4v) is 2.22. The van der Waals surface area contributed by atoms with Crippen molar-refractivity contribution in [2.24, 2.45) is 5.84 Å². The zero-order chi connectivity index (χ0) is 15.2. The van der Waals surface area contributed by atoms with Crippen LogP contribution in [0.1, 0.15) is 15.9 Å². The largest absolute Gasteiger partial charge is 0.497 e. The highest BCUT2D eigenvalue weighted by Gasteiger charge is 2.07. The highest BCUT2D eigenvalue weighted by molar-refractivity contribution is 9.10. The van der Waals surface area contributed by atoms with Crippen molar-refractivity contribution in [2.75, 3.05) is 7.11 Å². The number of hydrazine groups is 1. The first kappa shape index (κ1) is 15.3. The zero-order valence-electron chi connectivity index (χ0n) is 11.4. The smallest absolute Gasteiger partial charge is 0.265 e. The van der Waals surface area contributed by atoms with E-state index in [4.69, 9.17) is 15.3 Å². The molecule has 2 aromatic carbocycles. The molecule has 0 spiro atoms. The molecule has 2 rings (SSSR count). The first-order valence-corrected chi connectivity index (χ1v) is 6.99. The van der Waals surface area contributed by atoms with Gasteiger partial charge in [0.05, 0.1) is 7.11 Å². The molecule has 0 radical (unpaired) electrons. The third-order valence-corrected chi connectivity index (χ3v) is 3.64. The van der Waals surface area contributed by atoms with E-state index in [1.165, 1.54) is 0 Å². The molecule has 0 saturated carbocycles. The summed E-state index contributed by atoms with van der Waals surface area (Å²) in [7, 11) is 1.62. The Hall–Kier alpha value is -2.05. The van der Waals surface area contributed by atoms with Gasteiger partial charge in [0.2, 0.25) is 0 Å². The molecule has 1 amide bonds. The Morgan fingerprint density at radius 3 is 2.43 bits per heavy atom. The number of hydrogen-bond donors (Lipinski definition) is 2. The van der Waals surface area contributed by atoms with Gasteiger partial charge in [0, 0.05) is 15.6 Å². The molecule has 0 aliphatic carbocycles. The summed E-state index contributed by atoms with van der Waals surface area (Å²) in [5.74, 6) is 6.29. The lowest BCUT2D eigenvalue weighted by Gasteiger charge is -2.09. The molecule has 2 aromatic rings. The Kier molecular flexibility index (Phi) is 5.19. The summed E-state index contributed by atoms with van der Waals surface area (Å²) >= 11 is 3.42. The van der Waals surface area contributed by atoms with Crippen molar-refractivity contribution in [3.05, 3.63) is 58.1 Å². The van der Waals surface area contributed by atoms with Crippen LogP contribution in [0.5, 0.6) is 11.5 Å². The summed E-state index contributed by atoms with van der Waals surface area (Å²) in [5.41, 5.74) is 3.51. The summed E-state index contributed by atoms with van der Waals surface area (Å²) in [6.45, 7) is 0.386. The third-order valence-electron chi connectivity index (χ3n) is 2.90. The molecule has 0 heterocycles. The molecule has 3 N–H and O–H groups in total. The predicted molar refractivity (Wildman–Crippen MR) is 83.1 cm³/mol. The molecule has 0 aliphatic heterocycles. The van der Waals surface area contributed by atoms with Gasteiger partial charge >= 0.3 is 0 Å². The molecule has 110 valence electrons. The van der Waals surface area contributed by atoms with Crippen LogP contribution in [-0.2, 0) is 6.61 Å². The van der Waals surface area contributed by atoms with E-state index in [0.717, 1.165) is 21.5 Å². The lowest BCUT2D eigenvalue weighted by Crippen LogP contribution is -2.29. The Morgan fingerprint density at radius 2 is 1.86 bits per heavy atom. The number of halogens is 1. The number of rotatable bonds is 5. The molecule has 0 fully saturated rings. The van der Waals surface area contributed by atoms with Crippen LogP contribution in [0.3, 0.4) is 0 Å². The zero-order valence-corrected chi connectivity index (χ0v) is 13.0. The van der Waals surface area contributed by atoms with Gasteiger partial charge in [-0.1, -0.05) is 22.0 Å². The SMILES string of the molecule is COc1ccc(OCc2ccc(C(=O)NN)cc2Br)cc1. The summed E-state index contributed by atoms with van der Waals surface area (Å²) in [5, 5.41) is 0. The van der Waals surface area contributed by atoms with E-state index in [1.807, 2.05) is 30.3 Å². The molecule has 0 bridgehead atoms. The first-order valence-electron chi connectivity index (χ1n) is 6.20. The van der Waals surface area contributed by atoms with Crippen LogP contribution in [0.25, 0.3) is 0 Å². The highest BCUT2D eigenvalue weighted by atomic mass is 79.9. The van der Waals surface area contributed by atoms with Gasteiger partial charge in [0.15, 0.2) is 0 Å². The molecule has 0 atom stereocenters. The van der Waals surface area contributed by atoms with Crippen LogP contribution >= 0.6 is 15.9 Å². The highest BCUT2D eigenvalue weighted by Crippen LogP contribution is 2.22. The second-order valence-electron chi connectivity index (χ2n) is 4.24. The van der Waals surface area contributed by atoms with E-state index in [-0.39, 0.29) is 5.91 Å². The second kappa shape index (κ2) is 7.10. The van der Waals surface area contributed by atoms with Crippen LogP contribution in [0.15, 0.2) is 46.9 Å². The third kappa shape index (κ3) is 3.96. The Bertz CT molecular complexity index is 629. The number of benzene rings is 2. The number of amides is 1. The van der Waals surface area contributed by atoms with Crippen molar-refractivity contribution in [1.82, 2.24) is 5.43 Å². The van der Waals surface area contributed by atoms with E-state index in [0.29, 0.717) is 12.2 Å². The van der Waals surface area contributed by atoms with Crippen LogP contribution in [0.4, 0.5) is 0 Å². The average Bonchev–Trinajstić information content (AvgIpc) is 2.53. The quantitative estimate of drug-likeness (QED) is 0.493. The number of hydrogen-bond acceptors (Lipinski definition) is 4. The van der Waals surface area contributed by atoms with Crippen LogP contribution in [0, 0.1) is 0 Å². The van der Waals surface area contributed by atoms with Crippen molar-refractivity contribution in [1.29, 1.82) is 0 Å². The van der Waals surface area contributed by atoms with Crippen LogP contribution in [0.2, 0.25) is 0 Å². The monoisotopic (exact) mass is 350 g/mol. The van der Waals surface area contributed by atoms with Crippen LogP contribution < -0.4 is 20.7 Å². The van der Waals surface area contributed by atoms with Crippen molar-refractivity contribution < 1.29 is 14.3 Å². The number of carbonyl (C=O) groups is 1. The lowest BCUT2D eigenvalue weighted by molar-refractivity contribution is 0.0953. The maximum atomic E-state index is 11.4. The normalized spacial score (nSPS) is 10.0. The standard InChI is InChI=1S/C15H15BrN2O3/c1-20-12-4-6-13(7-5-12)21-9-11-3-2-10(8-14(11)16)15(19)18-17/h2-8H,9,17H2,1H3,(H,18,19). The first-order chi connectivity index (χ1) is 10.1. The van der Waals surface area contributed by atoms with E-state index in [2.05, 4.69) is 21.4 Å². The number of ether oxygens (including phenoxy) is 2. The molecule has 0 aliphatic rings. The fraction of sp³-hybridized carbons (Fsp3) is 0.133. The van der Waals surface area contributed by atoms with E-state index >= 15 is 0 Å². The van der Waals surface area contributed by atoms with E-state index < -0.39 is 0 Å².